The lowest BCUT2D eigenvalue weighted by atomic mass is 10.1. The van der Waals surface area contributed by atoms with Crippen molar-refractivity contribution in [3.8, 4) is 0 Å². The van der Waals surface area contributed by atoms with Crippen LogP contribution in [0.3, 0.4) is 0 Å². The third kappa shape index (κ3) is 11.4. The number of hydrogen-bond acceptors (Lipinski definition) is 6. The van der Waals surface area contributed by atoms with E-state index in [0.29, 0.717) is 25.7 Å². The summed E-state index contributed by atoms with van der Waals surface area (Å²) in [5.74, 6) is 5.34. The topological polar surface area (TPSA) is 92.0 Å². The van der Waals surface area contributed by atoms with E-state index < -0.39 is 6.09 Å². The number of hydrogen-bond donors (Lipinski definition) is 2. The van der Waals surface area contributed by atoms with Crippen LogP contribution in [0.15, 0.2) is 0 Å². The molecule has 3 N–H and O–H groups in total. The molecule has 0 aromatic carbocycles. The van der Waals surface area contributed by atoms with E-state index in [1.54, 1.807) is 0 Å². The number of amides is 1. The largest absolute Gasteiger partial charge is 0.446 e. The summed E-state index contributed by atoms with van der Waals surface area (Å²) in [6.07, 6.45) is 1.06. The first-order chi connectivity index (χ1) is 8.20. The Morgan fingerprint density at radius 1 is 1.24 bits per heavy atom. The summed E-state index contributed by atoms with van der Waals surface area (Å²) >= 11 is 0. The van der Waals surface area contributed by atoms with Gasteiger partial charge in [-0.25, -0.2) is 10.7 Å². The van der Waals surface area contributed by atoms with E-state index in [4.69, 9.17) is 20.2 Å². The average Bonchev–Trinajstić information content (AvgIpc) is 2.32. The Kier molecular flexibility index (Phi) is 11.0. The van der Waals surface area contributed by atoms with Crippen LogP contribution in [-0.4, -0.2) is 39.6 Å². The van der Waals surface area contributed by atoms with Crippen molar-refractivity contribution in [3.05, 3.63) is 0 Å². The zero-order valence-corrected chi connectivity index (χ0v) is 10.4. The Balaban J connectivity index is 3.29. The lowest BCUT2D eigenvalue weighted by Gasteiger charge is -2.11. The van der Waals surface area contributed by atoms with Crippen molar-refractivity contribution in [2.24, 2.45) is 11.8 Å². The van der Waals surface area contributed by atoms with Gasteiger partial charge >= 0.3 is 6.09 Å². The second-order valence-corrected chi connectivity index (χ2v) is 3.63. The van der Waals surface area contributed by atoms with E-state index in [9.17, 15) is 4.79 Å². The van der Waals surface area contributed by atoms with Crippen molar-refractivity contribution >= 4 is 6.09 Å². The summed E-state index contributed by atoms with van der Waals surface area (Å²) in [6, 6.07) is 0. The highest BCUT2D eigenvalue weighted by atomic mass is 16.7. The first kappa shape index (κ1) is 16.1. The van der Waals surface area contributed by atoms with Crippen LogP contribution in [0.1, 0.15) is 19.8 Å². The molecular formula is C10H22N2O5. The molecule has 102 valence electrons. The lowest BCUT2D eigenvalue weighted by molar-refractivity contribution is 0.0140. The van der Waals surface area contributed by atoms with Gasteiger partial charge in [-0.1, -0.05) is 6.92 Å². The van der Waals surface area contributed by atoms with Gasteiger partial charge < -0.3 is 14.3 Å². The first-order valence-electron chi connectivity index (χ1n) is 5.55. The molecule has 1 atom stereocenters. The summed E-state index contributed by atoms with van der Waals surface area (Å²) in [5, 5.41) is 0. The van der Waals surface area contributed by atoms with E-state index in [1.807, 2.05) is 0 Å². The smallest absolute Gasteiger partial charge is 0.431 e. The standard InChI is InChI=1S/C10H22N2O5/c1-9(3-5-16-11)4-6-17-12-10(13)15-8-7-14-2/h9H,3-8,11H2,1-2H3,(H,12,13). The molecule has 0 spiro atoms. The van der Waals surface area contributed by atoms with Gasteiger partial charge in [-0.3, -0.25) is 4.84 Å². The molecule has 1 amide bonds. The summed E-state index contributed by atoms with van der Waals surface area (Å²) < 4.78 is 9.44. The van der Waals surface area contributed by atoms with Gasteiger partial charge in [-0.15, -0.1) is 0 Å². The van der Waals surface area contributed by atoms with Crippen LogP contribution in [0.2, 0.25) is 0 Å². The van der Waals surface area contributed by atoms with Gasteiger partial charge in [0.15, 0.2) is 0 Å². The molecule has 0 fully saturated rings. The number of ether oxygens (including phenoxy) is 2. The Bertz CT molecular complexity index is 192. The minimum atomic E-state index is -0.611. The Morgan fingerprint density at radius 2 is 1.94 bits per heavy atom. The molecule has 7 heteroatoms. The van der Waals surface area contributed by atoms with Gasteiger partial charge in [0.25, 0.3) is 0 Å². The van der Waals surface area contributed by atoms with E-state index in [1.165, 1.54) is 7.11 Å². The highest BCUT2D eigenvalue weighted by Crippen LogP contribution is 2.06. The van der Waals surface area contributed by atoms with Crippen LogP contribution < -0.4 is 11.4 Å². The number of carbonyl (C=O) groups is 1. The van der Waals surface area contributed by atoms with E-state index in [-0.39, 0.29) is 6.61 Å². The molecule has 0 bridgehead atoms. The van der Waals surface area contributed by atoms with Gasteiger partial charge in [-0.2, -0.15) is 5.48 Å². The number of methoxy groups -OCH3 is 1. The first-order valence-corrected chi connectivity index (χ1v) is 5.55. The van der Waals surface area contributed by atoms with Crippen LogP contribution in [0.4, 0.5) is 4.79 Å². The number of nitrogens with one attached hydrogen (secondary N) is 1. The number of carbonyl (C=O) groups excluding carboxylic acids is 1. The normalized spacial score (nSPS) is 12.2. The molecule has 0 aliphatic rings. The van der Waals surface area contributed by atoms with Crippen molar-refractivity contribution in [2.75, 3.05) is 33.5 Å². The number of hydroxylamine groups is 1. The molecule has 0 radical (unpaired) electrons. The molecule has 0 aliphatic heterocycles. The average molecular weight is 250 g/mol. The number of nitrogens with two attached hydrogens (primary N) is 1. The quantitative estimate of drug-likeness (QED) is 0.435. The minimum Gasteiger partial charge on any atom is -0.446 e. The van der Waals surface area contributed by atoms with Crippen molar-refractivity contribution in [1.29, 1.82) is 0 Å². The van der Waals surface area contributed by atoms with Crippen LogP contribution in [0, 0.1) is 5.92 Å². The molecule has 1 unspecified atom stereocenters. The summed E-state index contributed by atoms with van der Waals surface area (Å²) in [5.41, 5.74) is 2.18. The van der Waals surface area contributed by atoms with Crippen LogP contribution in [0.5, 0.6) is 0 Å². The van der Waals surface area contributed by atoms with Crippen molar-refractivity contribution in [1.82, 2.24) is 5.48 Å². The monoisotopic (exact) mass is 250 g/mol. The van der Waals surface area contributed by atoms with Crippen molar-refractivity contribution < 1.29 is 23.9 Å². The SMILES string of the molecule is COCCOC(=O)NOCCC(C)CCON. The molecule has 0 aliphatic carbocycles. The molecule has 0 saturated heterocycles. The van der Waals surface area contributed by atoms with Crippen LogP contribution >= 0.6 is 0 Å². The second kappa shape index (κ2) is 11.6. The van der Waals surface area contributed by atoms with Gasteiger partial charge in [0.1, 0.15) is 6.61 Å². The molecular weight excluding hydrogens is 228 g/mol. The van der Waals surface area contributed by atoms with Crippen LogP contribution in [0.25, 0.3) is 0 Å². The maximum atomic E-state index is 11.0. The molecule has 17 heavy (non-hydrogen) atoms. The fourth-order valence-corrected chi connectivity index (χ4v) is 1.03. The minimum absolute atomic E-state index is 0.204. The fraction of sp³-hybridized carbons (Fsp3) is 0.900. The van der Waals surface area contributed by atoms with E-state index in [2.05, 4.69) is 17.2 Å². The fourth-order valence-electron chi connectivity index (χ4n) is 1.03. The van der Waals surface area contributed by atoms with E-state index >= 15 is 0 Å². The zero-order valence-electron chi connectivity index (χ0n) is 10.4. The summed E-state index contributed by atoms with van der Waals surface area (Å²) in [4.78, 5) is 20.4. The van der Waals surface area contributed by atoms with Crippen molar-refractivity contribution in [2.45, 2.75) is 19.8 Å². The lowest BCUT2D eigenvalue weighted by Crippen LogP contribution is -2.26. The molecule has 0 aromatic heterocycles. The third-order valence-electron chi connectivity index (χ3n) is 2.12. The maximum absolute atomic E-state index is 11.0. The third-order valence-corrected chi connectivity index (χ3v) is 2.12. The van der Waals surface area contributed by atoms with Crippen LogP contribution in [-0.2, 0) is 19.1 Å². The van der Waals surface area contributed by atoms with Gasteiger partial charge in [0.2, 0.25) is 0 Å². The summed E-state index contributed by atoms with van der Waals surface area (Å²) in [6.45, 7) is 3.57. The molecule has 0 heterocycles. The van der Waals surface area contributed by atoms with E-state index in [0.717, 1.165) is 12.8 Å². The second-order valence-electron chi connectivity index (χ2n) is 3.63. The molecule has 7 nitrogen and oxygen atoms in total. The van der Waals surface area contributed by atoms with Gasteiger partial charge in [0.05, 0.1) is 19.8 Å². The maximum Gasteiger partial charge on any atom is 0.431 e. The van der Waals surface area contributed by atoms with Crippen molar-refractivity contribution in [3.63, 3.8) is 0 Å². The van der Waals surface area contributed by atoms with Gasteiger partial charge in [-0.05, 0) is 18.8 Å². The Labute approximate surface area is 101 Å². The highest BCUT2D eigenvalue weighted by Gasteiger charge is 2.04. The highest BCUT2D eigenvalue weighted by molar-refractivity contribution is 5.65. The van der Waals surface area contributed by atoms with Gasteiger partial charge in [0, 0.05) is 7.11 Å². The Morgan fingerprint density at radius 3 is 2.59 bits per heavy atom. The molecule has 0 rings (SSSR count). The Hall–Kier alpha value is -0.890. The number of rotatable bonds is 10. The predicted octanol–water partition coefficient (Wildman–Crippen LogP) is 0.597. The molecule has 0 aromatic rings. The predicted molar refractivity (Wildman–Crippen MR) is 60.8 cm³/mol. The zero-order chi connectivity index (χ0) is 12.9. The summed E-state index contributed by atoms with van der Waals surface area (Å²) in [7, 11) is 1.53. The molecule has 0 saturated carbocycles.